The molecule has 0 aliphatic carbocycles. The van der Waals surface area contributed by atoms with E-state index in [1.807, 2.05) is 42.6 Å². The number of pyridine rings is 1. The van der Waals surface area contributed by atoms with E-state index in [0.29, 0.717) is 6.54 Å². The van der Waals surface area contributed by atoms with E-state index in [4.69, 9.17) is 17.3 Å². The molecule has 0 radical (unpaired) electrons. The highest BCUT2D eigenvalue weighted by Crippen LogP contribution is 2.23. The van der Waals surface area contributed by atoms with Crippen molar-refractivity contribution in [1.29, 1.82) is 0 Å². The van der Waals surface area contributed by atoms with Gasteiger partial charge in [0.2, 0.25) is 0 Å². The summed E-state index contributed by atoms with van der Waals surface area (Å²) in [6.07, 6.45) is 2.67. The van der Waals surface area contributed by atoms with Crippen LogP contribution in [0.3, 0.4) is 0 Å². The molecule has 0 bridgehead atoms. The lowest BCUT2D eigenvalue weighted by atomic mass is 9.97. The topological polar surface area (TPSA) is 38.9 Å². The number of hydrogen-bond acceptors (Lipinski definition) is 2. The number of aromatic nitrogens is 1. The van der Waals surface area contributed by atoms with Crippen LogP contribution in [0.1, 0.15) is 16.7 Å². The molecule has 2 nitrogen and oxygen atoms in total. The normalized spacial score (nSPS) is 10.9. The van der Waals surface area contributed by atoms with Gasteiger partial charge in [-0.1, -0.05) is 35.9 Å². The molecule has 0 saturated carbocycles. The maximum absolute atomic E-state index is 6.11. The lowest BCUT2D eigenvalue weighted by Crippen LogP contribution is -2.02. The lowest BCUT2D eigenvalue weighted by molar-refractivity contribution is 1.02. The van der Waals surface area contributed by atoms with Crippen molar-refractivity contribution in [3.8, 4) is 0 Å². The summed E-state index contributed by atoms with van der Waals surface area (Å²) in [5.41, 5.74) is 10.4. The Hall–Kier alpha value is -1.90. The van der Waals surface area contributed by atoms with Gasteiger partial charge in [-0.25, -0.2) is 0 Å². The number of fused-ring (bicyclic) bond motifs is 1. The van der Waals surface area contributed by atoms with Crippen LogP contribution in [0.25, 0.3) is 10.9 Å². The summed E-state index contributed by atoms with van der Waals surface area (Å²) < 4.78 is 0. The van der Waals surface area contributed by atoms with Crippen LogP contribution in [0.5, 0.6) is 0 Å². The van der Waals surface area contributed by atoms with Gasteiger partial charge in [0.1, 0.15) is 0 Å². The molecule has 0 spiro atoms. The van der Waals surface area contributed by atoms with E-state index >= 15 is 0 Å². The molecule has 0 amide bonds. The lowest BCUT2D eigenvalue weighted by Gasteiger charge is -2.10. The van der Waals surface area contributed by atoms with Gasteiger partial charge in [0.05, 0.1) is 5.52 Å². The maximum atomic E-state index is 6.11. The molecule has 100 valence electrons. The quantitative estimate of drug-likeness (QED) is 0.790. The second-order valence-corrected chi connectivity index (χ2v) is 5.22. The van der Waals surface area contributed by atoms with Crippen LogP contribution in [-0.4, -0.2) is 4.98 Å². The minimum atomic E-state index is 0.523. The Bertz CT molecular complexity index is 748. The maximum Gasteiger partial charge on any atom is 0.0704 e. The fraction of sp³-hybridized carbons (Fsp3) is 0.118. The van der Waals surface area contributed by atoms with Crippen molar-refractivity contribution in [2.45, 2.75) is 13.0 Å². The summed E-state index contributed by atoms with van der Waals surface area (Å²) in [6.45, 7) is 0.523. The second kappa shape index (κ2) is 5.61. The number of nitrogens with zero attached hydrogens (tertiary/aromatic N) is 1. The zero-order chi connectivity index (χ0) is 13.9. The predicted octanol–water partition coefficient (Wildman–Crippen LogP) is 3.94. The number of nitrogens with two attached hydrogens (primary N) is 1. The van der Waals surface area contributed by atoms with Crippen molar-refractivity contribution in [3.05, 3.63) is 76.4 Å². The fourth-order valence-corrected chi connectivity index (χ4v) is 2.67. The highest BCUT2D eigenvalue weighted by atomic mass is 35.5. The number of halogens is 1. The third-order valence-corrected chi connectivity index (χ3v) is 3.74. The van der Waals surface area contributed by atoms with E-state index in [-0.39, 0.29) is 0 Å². The summed E-state index contributed by atoms with van der Waals surface area (Å²) in [6, 6.07) is 16.1. The molecule has 1 heterocycles. The van der Waals surface area contributed by atoms with Crippen molar-refractivity contribution < 1.29 is 0 Å². The van der Waals surface area contributed by atoms with Gasteiger partial charge in [-0.3, -0.25) is 4.98 Å². The molecule has 3 rings (SSSR count). The van der Waals surface area contributed by atoms with Crippen LogP contribution in [0.2, 0.25) is 5.02 Å². The molecule has 3 heteroatoms. The Morgan fingerprint density at radius 3 is 2.65 bits per heavy atom. The van der Waals surface area contributed by atoms with E-state index in [1.165, 1.54) is 16.5 Å². The van der Waals surface area contributed by atoms with Gasteiger partial charge in [-0.05, 0) is 47.4 Å². The van der Waals surface area contributed by atoms with E-state index in [1.54, 1.807) is 0 Å². The summed E-state index contributed by atoms with van der Waals surface area (Å²) in [4.78, 5) is 4.39. The minimum absolute atomic E-state index is 0.523. The molecule has 2 N–H and O–H groups in total. The van der Waals surface area contributed by atoms with Gasteiger partial charge in [0, 0.05) is 23.2 Å². The average molecular weight is 283 g/mol. The molecular formula is C17H15ClN2. The van der Waals surface area contributed by atoms with Gasteiger partial charge in [0.15, 0.2) is 0 Å². The van der Waals surface area contributed by atoms with Crippen LogP contribution in [-0.2, 0) is 13.0 Å². The Kier molecular flexibility index (Phi) is 3.68. The number of hydrogen-bond donors (Lipinski definition) is 1. The van der Waals surface area contributed by atoms with Gasteiger partial charge in [-0.15, -0.1) is 0 Å². The standard InChI is InChI=1S/C17H15ClN2/c18-15-6-5-13(11-19)14(10-15)9-12-7-8-20-17-4-2-1-3-16(12)17/h1-8,10H,9,11,19H2. The number of para-hydroxylation sites is 1. The third kappa shape index (κ3) is 2.53. The van der Waals surface area contributed by atoms with Crippen LogP contribution >= 0.6 is 11.6 Å². The molecule has 0 saturated heterocycles. The van der Waals surface area contributed by atoms with Crippen LogP contribution < -0.4 is 5.73 Å². The molecule has 0 aliphatic rings. The summed E-state index contributed by atoms with van der Waals surface area (Å²) in [7, 11) is 0. The van der Waals surface area contributed by atoms with Crippen LogP contribution in [0.15, 0.2) is 54.7 Å². The molecule has 1 aromatic heterocycles. The first-order chi connectivity index (χ1) is 9.78. The number of benzene rings is 2. The Balaban J connectivity index is 2.07. The Morgan fingerprint density at radius 2 is 1.80 bits per heavy atom. The van der Waals surface area contributed by atoms with Crippen LogP contribution in [0, 0.1) is 0 Å². The first kappa shape index (κ1) is 13.1. The van der Waals surface area contributed by atoms with Crippen molar-refractivity contribution in [1.82, 2.24) is 4.98 Å². The minimum Gasteiger partial charge on any atom is -0.326 e. The monoisotopic (exact) mass is 282 g/mol. The smallest absolute Gasteiger partial charge is 0.0704 e. The van der Waals surface area contributed by atoms with E-state index in [0.717, 1.165) is 22.5 Å². The van der Waals surface area contributed by atoms with E-state index in [9.17, 15) is 0 Å². The van der Waals surface area contributed by atoms with Crippen molar-refractivity contribution in [3.63, 3.8) is 0 Å². The highest BCUT2D eigenvalue weighted by Gasteiger charge is 2.07. The second-order valence-electron chi connectivity index (χ2n) is 4.78. The third-order valence-electron chi connectivity index (χ3n) is 3.51. The van der Waals surface area contributed by atoms with Crippen LogP contribution in [0.4, 0.5) is 0 Å². The summed E-state index contributed by atoms with van der Waals surface area (Å²) >= 11 is 6.11. The highest BCUT2D eigenvalue weighted by molar-refractivity contribution is 6.30. The summed E-state index contributed by atoms with van der Waals surface area (Å²) in [5, 5.41) is 1.92. The molecule has 0 aliphatic heterocycles. The largest absolute Gasteiger partial charge is 0.326 e. The fourth-order valence-electron chi connectivity index (χ4n) is 2.47. The van der Waals surface area contributed by atoms with E-state index < -0.39 is 0 Å². The predicted molar refractivity (Wildman–Crippen MR) is 83.9 cm³/mol. The Labute approximate surface area is 123 Å². The molecule has 0 fully saturated rings. The first-order valence-corrected chi connectivity index (χ1v) is 6.96. The molecule has 0 atom stereocenters. The zero-order valence-corrected chi connectivity index (χ0v) is 11.8. The molecule has 2 aromatic carbocycles. The van der Waals surface area contributed by atoms with Crippen molar-refractivity contribution in [2.24, 2.45) is 5.73 Å². The van der Waals surface area contributed by atoms with Gasteiger partial charge >= 0.3 is 0 Å². The van der Waals surface area contributed by atoms with E-state index in [2.05, 4.69) is 17.1 Å². The van der Waals surface area contributed by atoms with Gasteiger partial charge in [-0.2, -0.15) is 0 Å². The number of rotatable bonds is 3. The SMILES string of the molecule is NCc1ccc(Cl)cc1Cc1ccnc2ccccc12. The molecule has 0 unspecified atom stereocenters. The molecule has 20 heavy (non-hydrogen) atoms. The molecule has 3 aromatic rings. The first-order valence-electron chi connectivity index (χ1n) is 6.58. The Morgan fingerprint density at radius 1 is 0.950 bits per heavy atom. The van der Waals surface area contributed by atoms with Gasteiger partial charge in [0.25, 0.3) is 0 Å². The average Bonchev–Trinajstić information content (AvgIpc) is 2.48. The van der Waals surface area contributed by atoms with Crippen molar-refractivity contribution >= 4 is 22.5 Å². The zero-order valence-electron chi connectivity index (χ0n) is 11.0. The van der Waals surface area contributed by atoms with Crippen molar-refractivity contribution in [2.75, 3.05) is 0 Å². The molecular weight excluding hydrogens is 268 g/mol. The van der Waals surface area contributed by atoms with Gasteiger partial charge < -0.3 is 5.73 Å². The summed E-state index contributed by atoms with van der Waals surface area (Å²) in [5.74, 6) is 0.